The first kappa shape index (κ1) is 22.0. The molecule has 1 amide bonds. The van der Waals surface area contributed by atoms with E-state index in [0.29, 0.717) is 6.42 Å². The molecule has 1 unspecified atom stereocenters. The summed E-state index contributed by atoms with van der Waals surface area (Å²) in [5.74, 6) is 1.31. The molecule has 4 rings (SSSR count). The third-order valence-electron chi connectivity index (χ3n) is 5.90. The average Bonchev–Trinajstić information content (AvgIpc) is 3.19. The van der Waals surface area contributed by atoms with Crippen molar-refractivity contribution < 1.29 is 4.79 Å². The van der Waals surface area contributed by atoms with Crippen LogP contribution in [0.5, 0.6) is 0 Å². The van der Waals surface area contributed by atoms with E-state index in [0.717, 1.165) is 49.0 Å². The first-order valence-corrected chi connectivity index (χ1v) is 12.0. The van der Waals surface area contributed by atoms with Crippen molar-refractivity contribution in [3.8, 4) is 0 Å². The summed E-state index contributed by atoms with van der Waals surface area (Å²) in [4.78, 5) is 24.3. The summed E-state index contributed by atoms with van der Waals surface area (Å²) >= 11 is 1.55. The Kier molecular flexibility index (Phi) is 6.17. The van der Waals surface area contributed by atoms with Gasteiger partial charge in [0.15, 0.2) is 5.13 Å². The highest BCUT2D eigenvalue weighted by Gasteiger charge is 2.34. The lowest BCUT2D eigenvalue weighted by molar-refractivity contribution is -0.131. The largest absolute Gasteiger partial charge is 0.342 e. The molecular formula is C24H33N5OS. The molecule has 6 nitrogen and oxygen atoms in total. The van der Waals surface area contributed by atoms with Crippen LogP contribution in [0.15, 0.2) is 41.4 Å². The van der Waals surface area contributed by atoms with E-state index in [9.17, 15) is 4.79 Å². The van der Waals surface area contributed by atoms with Crippen LogP contribution in [0.1, 0.15) is 65.0 Å². The van der Waals surface area contributed by atoms with E-state index in [1.807, 2.05) is 22.4 Å². The van der Waals surface area contributed by atoms with Gasteiger partial charge in [-0.3, -0.25) is 4.79 Å². The lowest BCUT2D eigenvalue weighted by Crippen LogP contribution is -2.54. The molecule has 2 aliphatic heterocycles. The van der Waals surface area contributed by atoms with Gasteiger partial charge in [-0.15, -0.1) is 11.3 Å². The van der Waals surface area contributed by atoms with Crippen molar-refractivity contribution in [1.82, 2.24) is 20.2 Å². The standard InChI is InChI=1S/C24H33N5OS/c1-23(2)14-17(15-24(3,4)28-23)13-21(30)29-11-6-7-18(16-29)19-8-5-9-20(26-19)27-22-25-10-12-31-22/h5,8-10,12,14,18,28H,6-7,11,13,15-16H2,1-4H3,(H,25,26,27). The van der Waals surface area contributed by atoms with Gasteiger partial charge in [-0.25, -0.2) is 9.97 Å². The quantitative estimate of drug-likeness (QED) is 0.652. The molecule has 1 fully saturated rings. The molecule has 2 aliphatic rings. The molecule has 2 aromatic rings. The maximum atomic E-state index is 13.2. The van der Waals surface area contributed by atoms with Gasteiger partial charge in [0.25, 0.3) is 0 Å². The maximum Gasteiger partial charge on any atom is 0.226 e. The van der Waals surface area contributed by atoms with Crippen LogP contribution in [0, 0.1) is 0 Å². The van der Waals surface area contributed by atoms with E-state index >= 15 is 0 Å². The van der Waals surface area contributed by atoms with Crippen LogP contribution in [0.2, 0.25) is 0 Å². The van der Waals surface area contributed by atoms with Gasteiger partial charge in [0.05, 0.1) is 0 Å². The van der Waals surface area contributed by atoms with Gasteiger partial charge >= 0.3 is 0 Å². The topological polar surface area (TPSA) is 70.2 Å². The van der Waals surface area contributed by atoms with Gasteiger partial charge < -0.3 is 15.5 Å². The summed E-state index contributed by atoms with van der Waals surface area (Å²) in [5, 5.41) is 9.69. The smallest absolute Gasteiger partial charge is 0.226 e. The van der Waals surface area contributed by atoms with Gasteiger partial charge in [-0.1, -0.05) is 17.7 Å². The molecule has 7 heteroatoms. The Morgan fingerprint density at radius 2 is 2.16 bits per heavy atom. The molecule has 1 saturated heterocycles. The number of pyridine rings is 1. The second kappa shape index (κ2) is 8.71. The van der Waals surface area contributed by atoms with Gasteiger partial charge in [0.1, 0.15) is 5.82 Å². The number of carbonyl (C=O) groups is 1. The van der Waals surface area contributed by atoms with Crippen molar-refractivity contribution in [1.29, 1.82) is 0 Å². The second-order valence-electron chi connectivity index (χ2n) is 9.98. The van der Waals surface area contributed by atoms with Crippen LogP contribution >= 0.6 is 11.3 Å². The summed E-state index contributed by atoms with van der Waals surface area (Å²) in [5.41, 5.74) is 2.21. The molecule has 2 aromatic heterocycles. The number of nitrogens with zero attached hydrogens (tertiary/aromatic N) is 3. The Balaban J connectivity index is 1.42. The molecule has 1 atom stereocenters. The lowest BCUT2D eigenvalue weighted by Gasteiger charge is -2.41. The predicted molar refractivity (Wildman–Crippen MR) is 127 cm³/mol. The molecule has 4 heterocycles. The molecule has 2 N–H and O–H groups in total. The number of aromatic nitrogens is 2. The summed E-state index contributed by atoms with van der Waals surface area (Å²) in [6, 6.07) is 6.07. The number of likely N-dealkylation sites (tertiary alicyclic amines) is 1. The van der Waals surface area contributed by atoms with Crippen molar-refractivity contribution >= 4 is 28.2 Å². The third-order valence-corrected chi connectivity index (χ3v) is 6.59. The number of amides is 1. The van der Waals surface area contributed by atoms with E-state index < -0.39 is 0 Å². The Morgan fingerprint density at radius 1 is 1.32 bits per heavy atom. The number of nitrogens with one attached hydrogen (secondary N) is 2. The minimum absolute atomic E-state index is 0.00702. The van der Waals surface area contributed by atoms with Gasteiger partial charge in [-0.05, 0) is 59.1 Å². The molecule has 0 aromatic carbocycles. The van der Waals surface area contributed by atoms with Crippen LogP contribution in [-0.2, 0) is 4.79 Å². The van der Waals surface area contributed by atoms with E-state index in [4.69, 9.17) is 4.98 Å². The normalized spacial score (nSPS) is 22.6. The minimum Gasteiger partial charge on any atom is -0.342 e. The number of thiazole rings is 1. The minimum atomic E-state index is -0.0867. The number of rotatable bonds is 5. The Morgan fingerprint density at radius 3 is 2.90 bits per heavy atom. The molecule has 31 heavy (non-hydrogen) atoms. The van der Waals surface area contributed by atoms with Crippen molar-refractivity contribution in [3.05, 3.63) is 47.1 Å². The molecule has 0 bridgehead atoms. The highest BCUT2D eigenvalue weighted by atomic mass is 32.1. The number of piperidine rings is 1. The van der Waals surface area contributed by atoms with Crippen LogP contribution in [0.3, 0.4) is 0 Å². The van der Waals surface area contributed by atoms with Crippen LogP contribution in [0.4, 0.5) is 10.9 Å². The fourth-order valence-electron chi connectivity index (χ4n) is 5.09. The predicted octanol–water partition coefficient (Wildman–Crippen LogP) is 4.85. The second-order valence-corrected chi connectivity index (χ2v) is 10.9. The fourth-order valence-corrected chi connectivity index (χ4v) is 5.63. The Labute approximate surface area is 189 Å². The zero-order valence-electron chi connectivity index (χ0n) is 18.9. The maximum absolute atomic E-state index is 13.2. The fraction of sp³-hybridized carbons (Fsp3) is 0.542. The van der Waals surface area contributed by atoms with Crippen LogP contribution < -0.4 is 10.6 Å². The molecule has 0 spiro atoms. The highest BCUT2D eigenvalue weighted by molar-refractivity contribution is 7.13. The third kappa shape index (κ3) is 5.71. The van der Waals surface area contributed by atoms with E-state index in [2.05, 4.69) is 55.5 Å². The van der Waals surface area contributed by atoms with E-state index in [-0.39, 0.29) is 22.9 Å². The number of hydrogen-bond acceptors (Lipinski definition) is 6. The lowest BCUT2D eigenvalue weighted by atomic mass is 9.82. The summed E-state index contributed by atoms with van der Waals surface area (Å²) < 4.78 is 0. The van der Waals surface area contributed by atoms with Crippen molar-refractivity contribution in [2.45, 2.75) is 70.4 Å². The van der Waals surface area contributed by atoms with E-state index in [1.54, 1.807) is 17.5 Å². The van der Waals surface area contributed by atoms with E-state index in [1.165, 1.54) is 5.57 Å². The molecule has 0 radical (unpaired) electrons. The molecular weight excluding hydrogens is 406 g/mol. The van der Waals surface area contributed by atoms with Crippen molar-refractivity contribution in [2.75, 3.05) is 18.4 Å². The first-order chi connectivity index (χ1) is 14.7. The zero-order valence-corrected chi connectivity index (χ0v) is 19.8. The molecule has 0 saturated carbocycles. The summed E-state index contributed by atoms with van der Waals surface area (Å²) in [6.45, 7) is 10.3. The Bertz CT molecular complexity index is 951. The Hall–Kier alpha value is -2.25. The average molecular weight is 440 g/mol. The van der Waals surface area contributed by atoms with Gasteiger partial charge in [-0.2, -0.15) is 0 Å². The monoisotopic (exact) mass is 439 g/mol. The SMILES string of the molecule is CC1(C)C=C(CC(=O)N2CCCC(c3cccc(Nc4nccs4)n3)C2)CC(C)(C)N1. The molecule has 0 aliphatic carbocycles. The number of hydrogen-bond donors (Lipinski definition) is 2. The summed E-state index contributed by atoms with van der Waals surface area (Å²) in [7, 11) is 0. The van der Waals surface area contributed by atoms with Crippen molar-refractivity contribution in [2.24, 2.45) is 0 Å². The summed E-state index contributed by atoms with van der Waals surface area (Å²) in [6.07, 6.45) is 7.52. The van der Waals surface area contributed by atoms with Crippen molar-refractivity contribution in [3.63, 3.8) is 0 Å². The van der Waals surface area contributed by atoms with Gasteiger partial charge in [0.2, 0.25) is 5.91 Å². The zero-order chi connectivity index (χ0) is 22.1. The first-order valence-electron chi connectivity index (χ1n) is 11.1. The molecule has 166 valence electrons. The number of anilines is 2. The number of carbonyl (C=O) groups excluding carboxylic acids is 1. The van der Waals surface area contributed by atoms with Crippen LogP contribution in [0.25, 0.3) is 0 Å². The van der Waals surface area contributed by atoms with Gasteiger partial charge in [0, 0.05) is 53.8 Å². The highest BCUT2D eigenvalue weighted by Crippen LogP contribution is 2.32. The van der Waals surface area contributed by atoms with Crippen LogP contribution in [-0.4, -0.2) is 44.9 Å².